The number of rotatable bonds is 5. The third-order valence-corrected chi connectivity index (χ3v) is 4.93. The molecule has 2 aromatic rings. The first kappa shape index (κ1) is 19.4. The van der Waals surface area contributed by atoms with Crippen LogP contribution in [-0.2, 0) is 0 Å². The second-order valence-corrected chi connectivity index (χ2v) is 7.34. The van der Waals surface area contributed by atoms with Gasteiger partial charge in [0.1, 0.15) is 11.6 Å². The number of carbonyl (C=O) groups excluding carboxylic acids is 1. The van der Waals surface area contributed by atoms with Crippen LogP contribution in [-0.4, -0.2) is 42.1 Å². The Bertz CT molecular complexity index is 808. The maximum atomic E-state index is 13.2. The summed E-state index contributed by atoms with van der Waals surface area (Å²) in [7, 11) is 3.81. The van der Waals surface area contributed by atoms with E-state index in [2.05, 4.69) is 20.6 Å². The van der Waals surface area contributed by atoms with Crippen LogP contribution in [0.5, 0.6) is 0 Å². The van der Waals surface area contributed by atoms with Gasteiger partial charge in [-0.05, 0) is 49.9 Å². The Morgan fingerprint density at radius 1 is 1.19 bits per heavy atom. The van der Waals surface area contributed by atoms with Crippen molar-refractivity contribution in [3.63, 3.8) is 0 Å². The van der Waals surface area contributed by atoms with Gasteiger partial charge in [0.2, 0.25) is 5.95 Å². The largest absolute Gasteiger partial charge is 0.367 e. The number of aromatic nitrogens is 2. The fourth-order valence-corrected chi connectivity index (χ4v) is 3.32. The zero-order chi connectivity index (χ0) is 19.4. The molecule has 1 fully saturated rings. The van der Waals surface area contributed by atoms with Gasteiger partial charge in [0.15, 0.2) is 0 Å². The van der Waals surface area contributed by atoms with Gasteiger partial charge in [-0.1, -0.05) is 11.6 Å². The van der Waals surface area contributed by atoms with Crippen molar-refractivity contribution in [1.29, 1.82) is 0 Å². The number of nitrogens with one attached hydrogen (secondary N) is 2. The Kier molecular flexibility index (Phi) is 6.11. The van der Waals surface area contributed by atoms with E-state index < -0.39 is 5.82 Å². The first-order valence-electron chi connectivity index (χ1n) is 8.95. The zero-order valence-electron chi connectivity index (χ0n) is 15.4. The van der Waals surface area contributed by atoms with Gasteiger partial charge in [-0.25, -0.2) is 9.37 Å². The topological polar surface area (TPSA) is 70.2 Å². The third kappa shape index (κ3) is 5.07. The van der Waals surface area contributed by atoms with E-state index >= 15 is 0 Å². The van der Waals surface area contributed by atoms with Gasteiger partial charge in [-0.3, -0.25) is 4.79 Å². The van der Waals surface area contributed by atoms with Crippen LogP contribution < -0.4 is 15.5 Å². The molecule has 27 heavy (non-hydrogen) atoms. The second-order valence-electron chi connectivity index (χ2n) is 6.93. The number of anilines is 2. The van der Waals surface area contributed by atoms with Crippen LogP contribution in [0.25, 0.3) is 0 Å². The summed E-state index contributed by atoms with van der Waals surface area (Å²) in [5.41, 5.74) is 0.374. The summed E-state index contributed by atoms with van der Waals surface area (Å²) in [6.07, 6.45) is 5.32. The minimum absolute atomic E-state index is 0.0440. The van der Waals surface area contributed by atoms with Crippen molar-refractivity contribution < 1.29 is 9.18 Å². The zero-order valence-corrected chi connectivity index (χ0v) is 16.1. The Morgan fingerprint density at radius 2 is 1.89 bits per heavy atom. The third-order valence-electron chi connectivity index (χ3n) is 4.64. The lowest BCUT2D eigenvalue weighted by atomic mass is 9.91. The van der Waals surface area contributed by atoms with Crippen molar-refractivity contribution in [1.82, 2.24) is 15.3 Å². The number of nitrogens with zero attached hydrogens (tertiary/aromatic N) is 3. The van der Waals surface area contributed by atoms with E-state index in [1.165, 1.54) is 18.2 Å². The molecule has 1 aliphatic carbocycles. The minimum Gasteiger partial charge on any atom is -0.367 e. The highest BCUT2D eigenvalue weighted by Gasteiger charge is 2.23. The number of carbonyl (C=O) groups is 1. The van der Waals surface area contributed by atoms with Crippen LogP contribution in [0.4, 0.5) is 16.2 Å². The van der Waals surface area contributed by atoms with E-state index in [-0.39, 0.29) is 17.0 Å². The predicted molar refractivity (Wildman–Crippen MR) is 105 cm³/mol. The number of hydrogen-bond acceptors (Lipinski definition) is 5. The van der Waals surface area contributed by atoms with Gasteiger partial charge >= 0.3 is 0 Å². The first-order chi connectivity index (χ1) is 12.9. The Labute approximate surface area is 163 Å². The molecule has 1 amide bonds. The molecular weight excluding hydrogens is 369 g/mol. The lowest BCUT2D eigenvalue weighted by molar-refractivity contribution is 0.0926. The second kappa shape index (κ2) is 8.52. The quantitative estimate of drug-likeness (QED) is 0.816. The van der Waals surface area contributed by atoms with Crippen LogP contribution >= 0.6 is 11.6 Å². The molecule has 1 aromatic heterocycles. The molecule has 6 nitrogen and oxygen atoms in total. The number of benzene rings is 1. The number of hydrogen-bond donors (Lipinski definition) is 2. The standard InChI is InChI=1S/C19H23ClFN5O/c1-26(2)19-22-10-9-17(25-19)23-13-4-6-14(7-5-13)24-18(27)12-3-8-16(21)15(20)11-12/h3,8-11,13-14H,4-7H2,1-2H3,(H,24,27)(H,22,23,25). The van der Waals surface area contributed by atoms with Crippen LogP contribution in [0, 0.1) is 5.82 Å². The molecule has 0 saturated heterocycles. The summed E-state index contributed by atoms with van der Waals surface area (Å²) in [6.45, 7) is 0. The Morgan fingerprint density at radius 3 is 2.56 bits per heavy atom. The fraction of sp³-hybridized carbons (Fsp3) is 0.421. The lowest BCUT2D eigenvalue weighted by Gasteiger charge is -2.30. The molecule has 1 aliphatic rings. The van der Waals surface area contributed by atoms with Crippen molar-refractivity contribution in [3.05, 3.63) is 46.9 Å². The molecule has 144 valence electrons. The van der Waals surface area contributed by atoms with Gasteiger partial charge in [-0.2, -0.15) is 4.98 Å². The summed E-state index contributed by atoms with van der Waals surface area (Å²) in [4.78, 5) is 22.9. The van der Waals surface area contributed by atoms with E-state index in [1.807, 2.05) is 25.1 Å². The molecule has 1 heterocycles. The fourth-order valence-electron chi connectivity index (χ4n) is 3.14. The van der Waals surface area contributed by atoms with E-state index in [0.29, 0.717) is 17.6 Å². The molecule has 1 saturated carbocycles. The predicted octanol–water partition coefficient (Wildman–Crippen LogP) is 3.49. The molecule has 8 heteroatoms. The average molecular weight is 392 g/mol. The van der Waals surface area contributed by atoms with Crippen molar-refractivity contribution in [3.8, 4) is 0 Å². The Balaban J connectivity index is 1.50. The normalized spacial score (nSPS) is 19.4. The van der Waals surface area contributed by atoms with Crippen molar-refractivity contribution in [2.45, 2.75) is 37.8 Å². The average Bonchev–Trinajstić information content (AvgIpc) is 2.65. The smallest absolute Gasteiger partial charge is 0.251 e. The summed E-state index contributed by atoms with van der Waals surface area (Å²) < 4.78 is 13.2. The van der Waals surface area contributed by atoms with Gasteiger partial charge in [0.05, 0.1) is 5.02 Å². The highest BCUT2D eigenvalue weighted by atomic mass is 35.5. The van der Waals surface area contributed by atoms with Crippen molar-refractivity contribution >= 4 is 29.3 Å². The van der Waals surface area contributed by atoms with Gasteiger partial charge in [0.25, 0.3) is 5.91 Å². The molecule has 0 bridgehead atoms. The monoisotopic (exact) mass is 391 g/mol. The van der Waals surface area contributed by atoms with Crippen LogP contribution in [0.1, 0.15) is 36.0 Å². The molecule has 3 rings (SSSR count). The minimum atomic E-state index is -0.526. The molecule has 0 radical (unpaired) electrons. The summed E-state index contributed by atoms with van der Waals surface area (Å²) in [5, 5.41) is 6.41. The summed E-state index contributed by atoms with van der Waals surface area (Å²) in [5.74, 6) is 0.725. The highest BCUT2D eigenvalue weighted by molar-refractivity contribution is 6.31. The van der Waals surface area contributed by atoms with E-state index in [0.717, 1.165) is 31.5 Å². The van der Waals surface area contributed by atoms with Gasteiger partial charge in [-0.15, -0.1) is 0 Å². The van der Waals surface area contributed by atoms with E-state index in [4.69, 9.17) is 11.6 Å². The molecule has 0 unspecified atom stereocenters. The molecule has 0 spiro atoms. The SMILES string of the molecule is CN(C)c1nccc(NC2CCC(NC(=O)c3ccc(F)c(Cl)c3)CC2)n1. The van der Waals surface area contributed by atoms with Crippen LogP contribution in [0.2, 0.25) is 5.02 Å². The maximum Gasteiger partial charge on any atom is 0.251 e. The summed E-state index contributed by atoms with van der Waals surface area (Å²) >= 11 is 5.75. The van der Waals surface area contributed by atoms with Gasteiger partial charge in [0, 0.05) is 37.9 Å². The van der Waals surface area contributed by atoms with E-state index in [9.17, 15) is 9.18 Å². The maximum absolute atomic E-state index is 13.2. The molecule has 0 aliphatic heterocycles. The molecule has 0 atom stereocenters. The lowest BCUT2D eigenvalue weighted by Crippen LogP contribution is -2.40. The van der Waals surface area contributed by atoms with Crippen LogP contribution in [0.3, 0.4) is 0 Å². The molecule has 2 N–H and O–H groups in total. The molecule has 1 aromatic carbocycles. The van der Waals surface area contributed by atoms with E-state index in [1.54, 1.807) is 6.20 Å². The number of amides is 1. The number of halogens is 2. The first-order valence-corrected chi connectivity index (χ1v) is 9.33. The van der Waals surface area contributed by atoms with Gasteiger partial charge < -0.3 is 15.5 Å². The van der Waals surface area contributed by atoms with Crippen LogP contribution in [0.15, 0.2) is 30.5 Å². The van der Waals surface area contributed by atoms with Crippen molar-refractivity contribution in [2.24, 2.45) is 0 Å². The van der Waals surface area contributed by atoms with Crippen molar-refractivity contribution in [2.75, 3.05) is 24.3 Å². The summed E-state index contributed by atoms with van der Waals surface area (Å²) in [6, 6.07) is 6.28. The highest BCUT2D eigenvalue weighted by Crippen LogP contribution is 2.23. The molecular formula is C19H23ClFN5O. The Hall–Kier alpha value is -2.41.